The lowest BCUT2D eigenvalue weighted by Gasteiger charge is -2.34. The van der Waals surface area contributed by atoms with Crippen LogP contribution < -0.4 is 25.8 Å². The fourth-order valence-electron chi connectivity index (χ4n) is 8.32. The molecule has 10 nitrogen and oxygen atoms in total. The third kappa shape index (κ3) is 5.89. The Morgan fingerprint density at radius 1 is 1.02 bits per heavy atom. The van der Waals surface area contributed by atoms with Gasteiger partial charge in [0.25, 0.3) is 5.92 Å². The summed E-state index contributed by atoms with van der Waals surface area (Å²) in [6.45, 7) is 1.42. The number of fused-ring (bicyclic) bond motifs is 1. The summed E-state index contributed by atoms with van der Waals surface area (Å²) >= 11 is 0.664. The van der Waals surface area contributed by atoms with Gasteiger partial charge in [0.2, 0.25) is 0 Å². The zero-order valence-electron chi connectivity index (χ0n) is 29.6. The van der Waals surface area contributed by atoms with Crippen molar-refractivity contribution in [2.45, 2.75) is 50.7 Å². The lowest BCUT2D eigenvalue weighted by Crippen LogP contribution is -2.41. The molecule has 2 aliphatic heterocycles. The van der Waals surface area contributed by atoms with E-state index in [1.807, 2.05) is 6.07 Å². The van der Waals surface area contributed by atoms with Gasteiger partial charge in [-0.2, -0.15) is 28.4 Å². The molecule has 0 atom stereocenters. The summed E-state index contributed by atoms with van der Waals surface area (Å²) in [5.74, 6) is -5.55. The van der Waals surface area contributed by atoms with Crippen molar-refractivity contribution in [3.8, 4) is 29.0 Å². The van der Waals surface area contributed by atoms with Crippen LogP contribution in [-0.2, 0) is 12.7 Å². The molecule has 0 radical (unpaired) electrons. The quantitative estimate of drug-likeness (QED) is 0.149. The fraction of sp³-hybridized carbons (Fsp3) is 0.421. The van der Waals surface area contributed by atoms with Crippen LogP contribution >= 0.6 is 11.3 Å². The van der Waals surface area contributed by atoms with Gasteiger partial charge in [-0.1, -0.05) is 12.1 Å². The van der Waals surface area contributed by atoms with Gasteiger partial charge in [-0.25, -0.2) is 22.5 Å². The summed E-state index contributed by atoms with van der Waals surface area (Å²) in [5.41, 5.74) is 7.67. The number of piperidine rings is 1. The number of likely N-dealkylation sites (tertiary alicyclic amines) is 1. The maximum atomic E-state index is 17.4. The minimum Gasteiger partial charge on any atom is -0.490 e. The van der Waals surface area contributed by atoms with E-state index in [-0.39, 0.29) is 81.8 Å². The number of nitrogen functional groups attached to an aromatic ring is 2. The van der Waals surface area contributed by atoms with Crippen molar-refractivity contribution < 1.29 is 40.2 Å². The van der Waals surface area contributed by atoms with Gasteiger partial charge in [0.15, 0.2) is 5.82 Å². The van der Waals surface area contributed by atoms with Gasteiger partial charge in [-0.05, 0) is 56.5 Å². The summed E-state index contributed by atoms with van der Waals surface area (Å²) in [4.78, 5) is 16.8. The Labute approximate surface area is 318 Å². The van der Waals surface area contributed by atoms with Crippen LogP contribution in [0.15, 0.2) is 30.5 Å². The van der Waals surface area contributed by atoms with E-state index in [2.05, 4.69) is 19.9 Å². The first kappa shape index (κ1) is 36.5. The molecule has 2 saturated carbocycles. The molecule has 3 fully saturated rings. The van der Waals surface area contributed by atoms with Crippen molar-refractivity contribution in [3.63, 3.8) is 0 Å². The number of pyridine rings is 1. The SMILES string of the molecule is N#Cc1c(N)sc2c(F)ccc(-c3c(C(F)(F)F)c4c5c(nc(OCC6(CN7CCC8(CC7)CC8(F)F)CC6)nc5c3F)N(Cc3cccnc3N)CCO4)c12. The molecule has 2 aromatic carbocycles. The standard InChI is InChI=1S/C38H33F7N8O2S/c39-22-4-3-20(23-21(14-46)32(48)56-30(22)23)24-26(38(43,44)45)29-25-28(27(24)40)50-34(51-33(25)53(12-13-54-29)15-19-2-1-9-49-31(19)47)55-18-35(5-6-35)17-52-10-7-36(8-11-52)16-37(36,41)42/h1-4,9H,5-8,10-13,15-18,48H2,(H2,47,49). The first-order chi connectivity index (χ1) is 26.6. The van der Waals surface area contributed by atoms with Crippen LogP contribution in [0.5, 0.6) is 11.8 Å². The van der Waals surface area contributed by atoms with Gasteiger partial charge in [0.05, 0.1) is 28.8 Å². The summed E-state index contributed by atoms with van der Waals surface area (Å²) < 4.78 is 119. The van der Waals surface area contributed by atoms with Crippen molar-refractivity contribution in [2.24, 2.45) is 10.8 Å². The molecule has 56 heavy (non-hydrogen) atoms. The summed E-state index contributed by atoms with van der Waals surface area (Å²) in [7, 11) is 0. The highest BCUT2D eigenvalue weighted by molar-refractivity contribution is 7.23. The first-order valence-corrected chi connectivity index (χ1v) is 18.8. The second kappa shape index (κ2) is 12.7. The van der Waals surface area contributed by atoms with Crippen LogP contribution in [0.1, 0.15) is 48.8 Å². The van der Waals surface area contributed by atoms with Gasteiger partial charge in [0.1, 0.15) is 52.0 Å². The van der Waals surface area contributed by atoms with Crippen LogP contribution in [0.3, 0.4) is 0 Å². The van der Waals surface area contributed by atoms with Crippen LogP contribution in [0, 0.1) is 33.8 Å². The largest absolute Gasteiger partial charge is 0.490 e. The van der Waals surface area contributed by atoms with Gasteiger partial charge >= 0.3 is 12.2 Å². The molecule has 18 heteroatoms. The third-order valence-corrected chi connectivity index (χ3v) is 12.8. The highest BCUT2D eigenvalue weighted by Crippen LogP contribution is 2.66. The molecule has 1 spiro atoms. The molecule has 4 aliphatic rings. The molecule has 0 amide bonds. The van der Waals surface area contributed by atoms with Crippen LogP contribution in [0.2, 0.25) is 0 Å². The molecular weight excluding hydrogens is 766 g/mol. The predicted molar refractivity (Wildman–Crippen MR) is 194 cm³/mol. The van der Waals surface area contributed by atoms with Crippen LogP contribution in [-0.4, -0.2) is 65.2 Å². The smallest absolute Gasteiger partial charge is 0.420 e. The number of rotatable bonds is 8. The van der Waals surface area contributed by atoms with E-state index in [0.29, 0.717) is 49.4 Å². The lowest BCUT2D eigenvalue weighted by atomic mass is 9.91. The number of benzene rings is 2. The molecular formula is C38H33F7N8O2S. The molecule has 292 valence electrons. The number of nitrogens with zero attached hydrogens (tertiary/aromatic N) is 6. The van der Waals surface area contributed by atoms with Crippen molar-refractivity contribution in [3.05, 3.63) is 58.8 Å². The minimum atomic E-state index is -5.23. The molecule has 4 N–H and O–H groups in total. The topological polar surface area (TPSA) is 139 Å². The Kier molecular flexibility index (Phi) is 8.26. The number of hydrogen-bond acceptors (Lipinski definition) is 11. The number of nitrogens with two attached hydrogens (primary N) is 2. The summed E-state index contributed by atoms with van der Waals surface area (Å²) in [5, 5.41) is 9.15. The molecule has 0 bridgehead atoms. The van der Waals surface area contributed by atoms with E-state index in [1.165, 1.54) is 6.20 Å². The zero-order chi connectivity index (χ0) is 39.4. The molecule has 1 saturated heterocycles. The molecule has 2 aliphatic carbocycles. The summed E-state index contributed by atoms with van der Waals surface area (Å²) in [6.07, 6.45) is -1.45. The minimum absolute atomic E-state index is 0.0104. The summed E-state index contributed by atoms with van der Waals surface area (Å²) in [6, 6.07) is 6.73. The molecule has 5 heterocycles. The van der Waals surface area contributed by atoms with Crippen molar-refractivity contribution in [2.75, 3.05) is 55.8 Å². The van der Waals surface area contributed by atoms with Crippen molar-refractivity contribution >= 4 is 49.0 Å². The number of hydrogen-bond donors (Lipinski definition) is 2. The molecule has 3 aromatic heterocycles. The number of aromatic nitrogens is 3. The maximum absolute atomic E-state index is 17.4. The predicted octanol–water partition coefficient (Wildman–Crippen LogP) is 7.92. The highest BCUT2D eigenvalue weighted by Gasteiger charge is 2.70. The molecule has 9 rings (SSSR count). The third-order valence-electron chi connectivity index (χ3n) is 11.7. The Morgan fingerprint density at radius 2 is 1.77 bits per heavy atom. The number of ether oxygens (including phenoxy) is 2. The van der Waals surface area contributed by atoms with E-state index >= 15 is 22.0 Å². The second-order valence-electron chi connectivity index (χ2n) is 15.2. The van der Waals surface area contributed by atoms with Crippen molar-refractivity contribution in [1.29, 1.82) is 5.26 Å². The number of anilines is 3. The Morgan fingerprint density at radius 3 is 2.43 bits per heavy atom. The molecule has 0 unspecified atom stereocenters. The van der Waals surface area contributed by atoms with Crippen LogP contribution in [0.4, 0.5) is 47.4 Å². The van der Waals surface area contributed by atoms with Gasteiger partial charge in [-0.3, -0.25) is 0 Å². The second-order valence-corrected chi connectivity index (χ2v) is 16.3. The fourth-order valence-corrected chi connectivity index (χ4v) is 9.27. The van der Waals surface area contributed by atoms with Crippen LogP contribution in [0.25, 0.3) is 32.1 Å². The van der Waals surface area contributed by atoms with E-state index < -0.39 is 57.1 Å². The normalized spacial score (nSPS) is 19.5. The van der Waals surface area contributed by atoms with Gasteiger partial charge < -0.3 is 30.7 Å². The Balaban J connectivity index is 1.18. The van der Waals surface area contributed by atoms with Crippen molar-refractivity contribution in [1.82, 2.24) is 19.9 Å². The van der Waals surface area contributed by atoms with Gasteiger partial charge in [0, 0.05) is 53.1 Å². The lowest BCUT2D eigenvalue weighted by molar-refractivity contribution is -0.138. The Bertz CT molecular complexity index is 2470. The highest BCUT2D eigenvalue weighted by atomic mass is 32.1. The van der Waals surface area contributed by atoms with E-state index in [1.54, 1.807) is 17.0 Å². The maximum Gasteiger partial charge on any atom is 0.420 e. The first-order valence-electron chi connectivity index (χ1n) is 18.0. The van der Waals surface area contributed by atoms with Gasteiger partial charge in [-0.15, -0.1) is 11.3 Å². The number of thiophene rings is 1. The van der Waals surface area contributed by atoms with E-state index in [9.17, 15) is 14.0 Å². The van der Waals surface area contributed by atoms with E-state index in [0.717, 1.165) is 25.0 Å². The zero-order valence-corrected chi connectivity index (χ0v) is 30.4. The Hall–Kier alpha value is -5.15. The monoisotopic (exact) mass is 798 g/mol. The number of alkyl halides is 5. The average Bonchev–Trinajstić information content (AvgIpc) is 4.01. The molecule has 5 aromatic rings. The van der Waals surface area contributed by atoms with E-state index in [4.69, 9.17) is 20.9 Å². The number of nitriles is 1. The average molecular weight is 799 g/mol. The number of halogens is 7.